The Bertz CT molecular complexity index is 927. The Balaban J connectivity index is 1.48. The van der Waals surface area contributed by atoms with Crippen molar-refractivity contribution in [3.8, 4) is 11.5 Å². The van der Waals surface area contributed by atoms with Gasteiger partial charge in [0.1, 0.15) is 0 Å². The van der Waals surface area contributed by atoms with Crippen LogP contribution in [0, 0.1) is 0 Å². The van der Waals surface area contributed by atoms with E-state index in [9.17, 15) is 18.0 Å². The van der Waals surface area contributed by atoms with E-state index in [-0.39, 0.29) is 11.5 Å². The number of urea groups is 1. The Morgan fingerprint density at radius 3 is 2.59 bits per heavy atom. The van der Waals surface area contributed by atoms with Crippen LogP contribution in [0.3, 0.4) is 0 Å². The first-order chi connectivity index (χ1) is 16.2. The molecule has 7 nitrogen and oxygen atoms in total. The summed E-state index contributed by atoms with van der Waals surface area (Å²) < 4.78 is 47.3. The van der Waals surface area contributed by atoms with Gasteiger partial charge in [0.2, 0.25) is 0 Å². The molecular formula is C24H31F3N4O3. The summed E-state index contributed by atoms with van der Waals surface area (Å²) in [4.78, 5) is 17.0. The first-order valence-electron chi connectivity index (χ1n) is 11.1. The van der Waals surface area contributed by atoms with E-state index in [1.54, 1.807) is 0 Å². The number of nitrogens with zero attached hydrogens (tertiary/aromatic N) is 2. The average Bonchev–Trinajstić information content (AvgIpc) is 2.81. The van der Waals surface area contributed by atoms with Gasteiger partial charge >= 0.3 is 12.2 Å². The van der Waals surface area contributed by atoms with Crippen molar-refractivity contribution in [1.82, 2.24) is 15.1 Å². The van der Waals surface area contributed by atoms with Gasteiger partial charge in [-0.25, -0.2) is 4.79 Å². The van der Waals surface area contributed by atoms with Crippen LogP contribution in [0.4, 0.5) is 23.7 Å². The third-order valence-corrected chi connectivity index (χ3v) is 5.60. The minimum Gasteiger partial charge on any atom is -0.493 e. The van der Waals surface area contributed by atoms with E-state index in [0.717, 1.165) is 32.6 Å². The lowest BCUT2D eigenvalue weighted by molar-refractivity contribution is -0.153. The number of anilines is 1. The molecule has 2 amide bonds. The Morgan fingerprint density at radius 1 is 1.12 bits per heavy atom. The first kappa shape index (κ1) is 25.6. The lowest BCUT2D eigenvalue weighted by Crippen LogP contribution is -2.47. The summed E-state index contributed by atoms with van der Waals surface area (Å²) in [6.07, 6.45) is -3.71. The SMILES string of the molecule is COc1ccc(NC(=O)NCCCN2CCN(C)CC2c2ccccc2)cc1OCC(F)(F)F. The predicted molar refractivity (Wildman–Crippen MR) is 124 cm³/mol. The third-order valence-electron chi connectivity index (χ3n) is 5.60. The lowest BCUT2D eigenvalue weighted by atomic mass is 10.0. The molecule has 2 N–H and O–H groups in total. The van der Waals surface area contributed by atoms with Crippen LogP contribution in [-0.2, 0) is 0 Å². The number of methoxy groups -OCH3 is 1. The zero-order valence-electron chi connectivity index (χ0n) is 19.4. The second-order valence-electron chi connectivity index (χ2n) is 8.23. The van der Waals surface area contributed by atoms with E-state index in [2.05, 4.69) is 39.6 Å². The maximum Gasteiger partial charge on any atom is 0.422 e. The lowest BCUT2D eigenvalue weighted by Gasteiger charge is -2.40. The molecule has 0 aliphatic carbocycles. The van der Waals surface area contributed by atoms with Crippen molar-refractivity contribution >= 4 is 11.7 Å². The van der Waals surface area contributed by atoms with Crippen LogP contribution >= 0.6 is 0 Å². The van der Waals surface area contributed by atoms with Crippen LogP contribution in [0.5, 0.6) is 11.5 Å². The number of piperazine rings is 1. The van der Waals surface area contributed by atoms with Crippen molar-refractivity contribution in [2.45, 2.75) is 18.6 Å². The van der Waals surface area contributed by atoms with Gasteiger partial charge in [0.25, 0.3) is 0 Å². The van der Waals surface area contributed by atoms with Gasteiger partial charge in [-0.1, -0.05) is 30.3 Å². The highest BCUT2D eigenvalue weighted by atomic mass is 19.4. The number of alkyl halides is 3. The van der Waals surface area contributed by atoms with Crippen molar-refractivity contribution in [3.63, 3.8) is 0 Å². The van der Waals surface area contributed by atoms with Crippen LogP contribution in [-0.4, -0.2) is 75.5 Å². The molecule has 0 spiro atoms. The van der Waals surface area contributed by atoms with Crippen LogP contribution in [0.15, 0.2) is 48.5 Å². The van der Waals surface area contributed by atoms with E-state index in [1.165, 1.54) is 30.9 Å². The largest absolute Gasteiger partial charge is 0.493 e. The molecule has 34 heavy (non-hydrogen) atoms. The predicted octanol–water partition coefficient (Wildman–Crippen LogP) is 4.14. The van der Waals surface area contributed by atoms with Crippen molar-refractivity contribution in [2.24, 2.45) is 0 Å². The van der Waals surface area contributed by atoms with Crippen LogP contribution in [0.25, 0.3) is 0 Å². The third kappa shape index (κ3) is 7.81. The minimum absolute atomic E-state index is 0.0976. The Morgan fingerprint density at radius 2 is 1.88 bits per heavy atom. The highest BCUT2D eigenvalue weighted by Crippen LogP contribution is 2.31. The molecule has 2 aromatic rings. The van der Waals surface area contributed by atoms with Gasteiger partial charge in [0.05, 0.1) is 7.11 Å². The number of nitrogens with one attached hydrogen (secondary N) is 2. The molecule has 1 aliphatic rings. The summed E-state index contributed by atoms with van der Waals surface area (Å²) in [5, 5.41) is 5.42. The molecule has 1 atom stereocenters. The molecule has 0 bridgehead atoms. The number of carbonyl (C=O) groups excluding carboxylic acids is 1. The van der Waals surface area contributed by atoms with Gasteiger partial charge in [-0.2, -0.15) is 13.2 Å². The topological polar surface area (TPSA) is 66.1 Å². The van der Waals surface area contributed by atoms with Gasteiger partial charge in [-0.3, -0.25) is 4.90 Å². The molecule has 0 aromatic heterocycles. The molecule has 1 heterocycles. The Kier molecular flexibility index (Phi) is 9.00. The summed E-state index contributed by atoms with van der Waals surface area (Å²) in [6.45, 7) is 2.75. The number of carbonyl (C=O) groups is 1. The minimum atomic E-state index is -4.48. The van der Waals surface area contributed by atoms with Crippen LogP contribution < -0.4 is 20.1 Å². The quantitative estimate of drug-likeness (QED) is 0.529. The van der Waals surface area contributed by atoms with E-state index in [1.807, 2.05) is 18.2 Å². The smallest absolute Gasteiger partial charge is 0.422 e. The molecule has 0 radical (unpaired) electrons. The fraction of sp³-hybridized carbons (Fsp3) is 0.458. The second kappa shape index (κ2) is 11.9. The van der Waals surface area contributed by atoms with E-state index < -0.39 is 18.8 Å². The fourth-order valence-electron chi connectivity index (χ4n) is 3.90. The van der Waals surface area contributed by atoms with Crippen molar-refractivity contribution in [1.29, 1.82) is 0 Å². The summed E-state index contributed by atoms with van der Waals surface area (Å²) in [5.74, 6) is 0.0509. The highest BCUT2D eigenvalue weighted by Gasteiger charge is 2.29. The van der Waals surface area contributed by atoms with E-state index >= 15 is 0 Å². The second-order valence-corrected chi connectivity index (χ2v) is 8.23. The zero-order valence-corrected chi connectivity index (χ0v) is 19.4. The van der Waals surface area contributed by atoms with E-state index in [0.29, 0.717) is 18.3 Å². The van der Waals surface area contributed by atoms with Gasteiger partial charge in [0, 0.05) is 50.5 Å². The number of rotatable bonds is 9. The molecule has 1 saturated heterocycles. The van der Waals surface area contributed by atoms with Gasteiger partial charge in [-0.15, -0.1) is 0 Å². The molecular weight excluding hydrogens is 449 g/mol. The normalized spacial score (nSPS) is 17.3. The van der Waals surface area contributed by atoms with Crippen LogP contribution in [0.1, 0.15) is 18.0 Å². The molecule has 3 rings (SSSR count). The van der Waals surface area contributed by atoms with Crippen molar-refractivity contribution in [3.05, 3.63) is 54.1 Å². The maximum absolute atomic E-state index is 12.5. The van der Waals surface area contributed by atoms with Crippen molar-refractivity contribution in [2.75, 3.05) is 58.8 Å². The number of hydrogen-bond donors (Lipinski definition) is 2. The zero-order chi connectivity index (χ0) is 24.6. The van der Waals surface area contributed by atoms with Crippen LogP contribution in [0.2, 0.25) is 0 Å². The van der Waals surface area contributed by atoms with Crippen molar-refractivity contribution < 1.29 is 27.4 Å². The Hall–Kier alpha value is -2.98. The molecule has 1 unspecified atom stereocenters. The molecule has 1 aliphatic heterocycles. The molecule has 186 valence electrons. The number of benzene rings is 2. The summed E-state index contributed by atoms with van der Waals surface area (Å²) >= 11 is 0. The number of hydrogen-bond acceptors (Lipinski definition) is 5. The van der Waals surface area contributed by atoms with E-state index in [4.69, 9.17) is 9.47 Å². The summed E-state index contributed by atoms with van der Waals surface area (Å²) in [5.41, 5.74) is 1.58. The number of ether oxygens (including phenoxy) is 2. The number of likely N-dealkylation sites (N-methyl/N-ethyl adjacent to an activating group) is 1. The molecule has 0 saturated carbocycles. The van der Waals surface area contributed by atoms with Gasteiger partial charge in [0.15, 0.2) is 18.1 Å². The maximum atomic E-state index is 12.5. The fourth-order valence-corrected chi connectivity index (χ4v) is 3.90. The molecule has 1 fully saturated rings. The van der Waals surface area contributed by atoms with Gasteiger partial charge < -0.3 is 25.0 Å². The highest BCUT2D eigenvalue weighted by molar-refractivity contribution is 5.89. The number of halogens is 3. The molecule has 2 aromatic carbocycles. The molecule has 10 heteroatoms. The Labute approximate surface area is 197 Å². The standard InChI is InChI=1S/C24H31F3N4O3/c1-30-13-14-31(20(16-30)18-7-4-3-5-8-18)12-6-11-28-23(32)29-19-9-10-21(33-2)22(15-19)34-17-24(25,26)27/h3-5,7-10,15,20H,6,11-14,16-17H2,1-2H3,(H2,28,29,32). The monoisotopic (exact) mass is 480 g/mol. The average molecular weight is 481 g/mol. The number of amides is 2. The summed E-state index contributed by atoms with van der Waals surface area (Å²) in [7, 11) is 3.45. The first-order valence-corrected chi connectivity index (χ1v) is 11.1. The van der Waals surface area contributed by atoms with Gasteiger partial charge in [-0.05, 0) is 31.2 Å². The summed E-state index contributed by atoms with van der Waals surface area (Å²) in [6, 6.07) is 14.5.